The van der Waals surface area contributed by atoms with Crippen LogP contribution in [0.1, 0.15) is 5.56 Å². The molecule has 3 N–H and O–H groups in total. The molecule has 1 heterocycles. The lowest BCUT2D eigenvalue weighted by molar-refractivity contribution is 0.622. The van der Waals surface area contributed by atoms with E-state index in [1.165, 1.54) is 24.2 Å². The Morgan fingerprint density at radius 2 is 2.33 bits per heavy atom. The van der Waals surface area contributed by atoms with E-state index in [0.717, 1.165) is 0 Å². The zero-order valence-corrected chi connectivity index (χ0v) is 8.59. The number of hydrogen-bond donors (Lipinski definition) is 2. The summed E-state index contributed by atoms with van der Waals surface area (Å²) in [5.41, 5.74) is 6.19. The number of hydrogen-bond acceptors (Lipinski definition) is 4. The van der Waals surface area contributed by atoms with Crippen LogP contribution in [0.25, 0.3) is 0 Å². The fourth-order valence-electron chi connectivity index (χ4n) is 1.12. The van der Waals surface area contributed by atoms with Crippen LogP contribution in [-0.2, 0) is 5.75 Å². The number of nitrogens with one attached hydrogen (secondary N) is 1. The van der Waals surface area contributed by atoms with E-state index in [0.29, 0.717) is 16.5 Å². The molecule has 2 rings (SSSR count). The van der Waals surface area contributed by atoms with E-state index in [1.54, 1.807) is 12.1 Å². The molecule has 0 aliphatic heterocycles. The third-order valence-corrected chi connectivity index (χ3v) is 2.79. The first-order valence-corrected chi connectivity index (χ1v) is 5.27. The minimum atomic E-state index is -0.357. The van der Waals surface area contributed by atoms with Crippen LogP contribution in [0.5, 0.6) is 0 Å². The van der Waals surface area contributed by atoms with Gasteiger partial charge in [0.2, 0.25) is 0 Å². The molecule has 1 aromatic carbocycles. The monoisotopic (exact) mass is 224 g/mol. The van der Waals surface area contributed by atoms with Crippen molar-refractivity contribution in [3.63, 3.8) is 0 Å². The summed E-state index contributed by atoms with van der Waals surface area (Å²) in [6.45, 7) is 0. The van der Waals surface area contributed by atoms with E-state index in [-0.39, 0.29) is 11.5 Å². The van der Waals surface area contributed by atoms with Crippen molar-refractivity contribution >= 4 is 17.4 Å². The lowest BCUT2D eigenvalue weighted by Gasteiger charge is -2.03. The number of nitrogen functional groups attached to an aromatic ring is 1. The van der Waals surface area contributed by atoms with Gasteiger partial charge in [0.05, 0.1) is 5.69 Å². The van der Waals surface area contributed by atoms with Crippen molar-refractivity contribution in [1.29, 1.82) is 0 Å². The van der Waals surface area contributed by atoms with Gasteiger partial charge in [-0.1, -0.05) is 23.9 Å². The number of benzene rings is 1. The van der Waals surface area contributed by atoms with Crippen LogP contribution in [0, 0.1) is 5.82 Å². The normalized spacial score (nSPS) is 10.5. The Kier molecular flexibility index (Phi) is 2.86. The molecule has 4 nitrogen and oxygen atoms in total. The van der Waals surface area contributed by atoms with Gasteiger partial charge in [-0.15, -0.1) is 0 Å². The van der Waals surface area contributed by atoms with Gasteiger partial charge in [-0.25, -0.2) is 9.37 Å². The third kappa shape index (κ3) is 2.27. The predicted octanol–water partition coefficient (Wildman–Crippen LogP) is 1.82. The van der Waals surface area contributed by atoms with Gasteiger partial charge >= 0.3 is 0 Å². The smallest absolute Gasteiger partial charge is 0.183 e. The van der Waals surface area contributed by atoms with E-state index < -0.39 is 0 Å². The van der Waals surface area contributed by atoms with Crippen molar-refractivity contribution in [2.75, 3.05) is 5.73 Å². The highest BCUT2D eigenvalue weighted by molar-refractivity contribution is 7.98. The number of thioether (sulfide) groups is 1. The third-order valence-electron chi connectivity index (χ3n) is 1.87. The average Bonchev–Trinajstić information content (AvgIpc) is 2.73. The van der Waals surface area contributed by atoms with Crippen molar-refractivity contribution in [3.8, 4) is 0 Å². The highest BCUT2D eigenvalue weighted by atomic mass is 32.2. The molecule has 0 radical (unpaired) electrons. The van der Waals surface area contributed by atoms with Crippen molar-refractivity contribution < 1.29 is 4.39 Å². The van der Waals surface area contributed by atoms with E-state index in [2.05, 4.69) is 15.2 Å². The zero-order valence-electron chi connectivity index (χ0n) is 7.77. The lowest BCUT2D eigenvalue weighted by atomic mass is 10.2. The van der Waals surface area contributed by atoms with Gasteiger partial charge in [0.15, 0.2) is 5.16 Å². The van der Waals surface area contributed by atoms with Crippen molar-refractivity contribution in [3.05, 3.63) is 35.9 Å². The Morgan fingerprint density at radius 1 is 1.47 bits per heavy atom. The standard InChI is InChI=1S/C9H9FN4S/c10-8-6(2-1-3-7(8)11)4-15-9-12-5-13-14-9/h1-3,5H,4,11H2,(H,12,13,14). The first kappa shape index (κ1) is 9.97. The molecule has 0 amide bonds. The highest BCUT2D eigenvalue weighted by Crippen LogP contribution is 2.22. The van der Waals surface area contributed by atoms with Crippen LogP contribution in [0.15, 0.2) is 29.7 Å². The molecule has 15 heavy (non-hydrogen) atoms. The van der Waals surface area contributed by atoms with E-state index in [9.17, 15) is 4.39 Å². The molecule has 0 aliphatic carbocycles. The minimum absolute atomic E-state index is 0.172. The van der Waals surface area contributed by atoms with Gasteiger partial charge in [-0.05, 0) is 6.07 Å². The van der Waals surface area contributed by atoms with Gasteiger partial charge in [0.1, 0.15) is 12.1 Å². The summed E-state index contributed by atoms with van der Waals surface area (Å²) >= 11 is 1.38. The van der Waals surface area contributed by atoms with Crippen molar-refractivity contribution in [1.82, 2.24) is 15.2 Å². The molecule has 0 unspecified atom stereocenters. The molecule has 0 saturated carbocycles. The van der Waals surface area contributed by atoms with Crippen LogP contribution in [-0.4, -0.2) is 15.2 Å². The van der Waals surface area contributed by atoms with Crippen LogP contribution in [0.3, 0.4) is 0 Å². The average molecular weight is 224 g/mol. The molecule has 0 spiro atoms. The second kappa shape index (κ2) is 4.31. The number of halogens is 1. The Morgan fingerprint density at radius 3 is 3.07 bits per heavy atom. The summed E-state index contributed by atoms with van der Waals surface area (Å²) in [5, 5.41) is 7.05. The Bertz CT molecular complexity index is 443. The molecule has 0 atom stereocenters. The summed E-state index contributed by atoms with van der Waals surface area (Å²) in [5.74, 6) is 0.121. The van der Waals surface area contributed by atoms with Crippen LogP contribution >= 0.6 is 11.8 Å². The van der Waals surface area contributed by atoms with E-state index in [1.807, 2.05) is 0 Å². The SMILES string of the molecule is Nc1cccc(CSc2ncn[nH]2)c1F. The second-order valence-electron chi connectivity index (χ2n) is 2.90. The molecule has 0 saturated heterocycles. The summed E-state index contributed by atoms with van der Waals surface area (Å²) < 4.78 is 13.4. The number of anilines is 1. The maximum absolute atomic E-state index is 13.4. The fraction of sp³-hybridized carbons (Fsp3) is 0.111. The molecule has 0 fully saturated rings. The van der Waals surface area contributed by atoms with E-state index in [4.69, 9.17) is 5.73 Å². The molecule has 2 aromatic rings. The van der Waals surface area contributed by atoms with Crippen molar-refractivity contribution in [2.45, 2.75) is 10.9 Å². The van der Waals surface area contributed by atoms with Crippen molar-refractivity contribution in [2.24, 2.45) is 0 Å². The molecule has 0 bridgehead atoms. The Labute approximate surface area is 90.1 Å². The number of H-pyrrole nitrogens is 1. The molecule has 0 aliphatic rings. The maximum atomic E-state index is 13.4. The lowest BCUT2D eigenvalue weighted by Crippen LogP contribution is -1.95. The first-order chi connectivity index (χ1) is 7.27. The summed E-state index contributed by atoms with van der Waals surface area (Å²) in [6.07, 6.45) is 1.41. The van der Waals surface area contributed by atoms with Gasteiger partial charge < -0.3 is 5.73 Å². The largest absolute Gasteiger partial charge is 0.396 e. The molecule has 6 heteroatoms. The molecular formula is C9H9FN4S. The number of aromatic amines is 1. The molecular weight excluding hydrogens is 215 g/mol. The molecule has 1 aromatic heterocycles. The van der Waals surface area contributed by atoms with Gasteiger partial charge in [-0.3, -0.25) is 5.10 Å². The van der Waals surface area contributed by atoms with Crippen LogP contribution in [0.2, 0.25) is 0 Å². The van der Waals surface area contributed by atoms with E-state index >= 15 is 0 Å². The number of nitrogens with two attached hydrogens (primary N) is 1. The first-order valence-electron chi connectivity index (χ1n) is 4.28. The van der Waals surface area contributed by atoms with Gasteiger partial charge in [0, 0.05) is 11.3 Å². The van der Waals surface area contributed by atoms with Crippen LogP contribution in [0.4, 0.5) is 10.1 Å². The Balaban J connectivity index is 2.08. The highest BCUT2D eigenvalue weighted by Gasteiger charge is 2.06. The quantitative estimate of drug-likeness (QED) is 0.616. The predicted molar refractivity (Wildman–Crippen MR) is 56.8 cm³/mol. The second-order valence-corrected chi connectivity index (χ2v) is 3.86. The number of nitrogens with zero attached hydrogens (tertiary/aromatic N) is 2. The topological polar surface area (TPSA) is 67.6 Å². The Hall–Kier alpha value is -1.56. The fourth-order valence-corrected chi connectivity index (χ4v) is 1.88. The number of aromatic nitrogens is 3. The minimum Gasteiger partial charge on any atom is -0.396 e. The van der Waals surface area contributed by atoms with Gasteiger partial charge in [0.25, 0.3) is 0 Å². The number of rotatable bonds is 3. The summed E-state index contributed by atoms with van der Waals surface area (Å²) in [4.78, 5) is 3.93. The zero-order chi connectivity index (χ0) is 10.7. The van der Waals surface area contributed by atoms with Gasteiger partial charge in [-0.2, -0.15) is 5.10 Å². The maximum Gasteiger partial charge on any atom is 0.183 e. The molecule has 78 valence electrons. The summed E-state index contributed by atoms with van der Waals surface area (Å²) in [6, 6.07) is 4.97. The van der Waals surface area contributed by atoms with Crippen LogP contribution < -0.4 is 5.73 Å². The summed E-state index contributed by atoms with van der Waals surface area (Å²) in [7, 11) is 0.